The second-order valence-corrected chi connectivity index (χ2v) is 14.1. The lowest BCUT2D eigenvalue weighted by atomic mass is 9.77. The van der Waals surface area contributed by atoms with Gasteiger partial charge < -0.3 is 14.4 Å². The van der Waals surface area contributed by atoms with Gasteiger partial charge in [-0.2, -0.15) is 0 Å². The molecule has 2 atom stereocenters. The van der Waals surface area contributed by atoms with Crippen LogP contribution in [-0.4, -0.2) is 43.3 Å². The Hall–Kier alpha value is -5.18. The van der Waals surface area contributed by atoms with Crippen LogP contribution in [0.1, 0.15) is 40.3 Å². The minimum absolute atomic E-state index is 0.157. The Bertz CT molecular complexity index is 1880. The quantitative estimate of drug-likeness (QED) is 0.0391. The van der Waals surface area contributed by atoms with Gasteiger partial charge in [-0.1, -0.05) is 182 Å². The van der Waals surface area contributed by atoms with Gasteiger partial charge in [-0.05, 0) is 33.4 Å². The Balaban J connectivity index is 1.18. The molecule has 0 aromatic heterocycles. The average molecular weight is 742 g/mol. The third-order valence-corrected chi connectivity index (χ3v) is 10.1. The number of ether oxygens (including phenoxy) is 2. The first-order chi connectivity index (χ1) is 26.3. The molecule has 8 nitrogen and oxygen atoms in total. The molecule has 0 aliphatic rings. The summed E-state index contributed by atoms with van der Waals surface area (Å²) >= 11 is 0. The third kappa shape index (κ3) is 9.12. The van der Waals surface area contributed by atoms with Gasteiger partial charge in [-0.15, -0.1) is 0 Å². The maximum absolute atomic E-state index is 13.3. The van der Waals surface area contributed by atoms with Crippen LogP contribution in [0, 0.1) is 0 Å². The van der Waals surface area contributed by atoms with Crippen LogP contribution in [0.25, 0.3) is 0 Å². The molecule has 0 saturated heterocycles. The van der Waals surface area contributed by atoms with Gasteiger partial charge in [-0.3, -0.25) is 19.2 Å². The smallest absolute Gasteiger partial charge is 0.458 e. The number of phosphoric acid groups is 1. The number of carbonyl (C=O) groups excluding carboxylic acids is 1. The number of carbonyl (C=O) groups is 1. The van der Waals surface area contributed by atoms with E-state index in [4.69, 9.17) is 18.5 Å². The van der Waals surface area contributed by atoms with E-state index in [2.05, 4.69) is 5.32 Å². The van der Waals surface area contributed by atoms with Crippen molar-refractivity contribution < 1.29 is 32.8 Å². The van der Waals surface area contributed by atoms with Crippen molar-refractivity contribution in [3.8, 4) is 0 Å². The van der Waals surface area contributed by atoms with Crippen LogP contribution in [0.4, 0.5) is 0 Å². The normalized spacial score (nSPS) is 13.4. The van der Waals surface area contributed by atoms with Crippen LogP contribution < -0.4 is 5.32 Å². The highest BCUT2D eigenvalue weighted by Gasteiger charge is 2.39. The molecule has 0 aliphatic carbocycles. The number of nitrogens with one attached hydrogen (secondary N) is 1. The van der Waals surface area contributed by atoms with Crippen molar-refractivity contribution in [1.29, 1.82) is 0 Å². The predicted octanol–water partition coefficient (Wildman–Crippen LogP) is 8.64. The van der Waals surface area contributed by atoms with Crippen LogP contribution >= 0.6 is 7.82 Å². The molecule has 9 heteroatoms. The van der Waals surface area contributed by atoms with Gasteiger partial charge in [0.1, 0.15) is 11.7 Å². The SMILES string of the molecule is CC(=O)O[C@H](COC(c1ccccc1)(c1ccccc1)c1ccccc1)COP(=O)(O)OCCNC(c1ccccc1)(c1ccccc1)c1ccccc1. The van der Waals surface area contributed by atoms with Crippen LogP contribution in [0.5, 0.6) is 0 Å². The fourth-order valence-electron chi connectivity index (χ4n) is 6.82. The molecule has 276 valence electrons. The number of benzene rings is 6. The molecule has 0 radical (unpaired) electrons. The molecule has 6 aromatic carbocycles. The minimum Gasteiger partial charge on any atom is -0.458 e. The van der Waals surface area contributed by atoms with Crippen LogP contribution in [0.2, 0.25) is 0 Å². The Labute approximate surface area is 317 Å². The molecule has 54 heavy (non-hydrogen) atoms. The zero-order valence-corrected chi connectivity index (χ0v) is 31.0. The van der Waals surface area contributed by atoms with Crippen molar-refractivity contribution in [2.45, 2.75) is 24.2 Å². The highest BCUT2D eigenvalue weighted by molar-refractivity contribution is 7.47. The number of hydrogen-bond acceptors (Lipinski definition) is 7. The Morgan fingerprint density at radius 1 is 0.574 bits per heavy atom. The topological polar surface area (TPSA) is 103 Å². The van der Waals surface area contributed by atoms with E-state index < -0.39 is 37.6 Å². The summed E-state index contributed by atoms with van der Waals surface area (Å²) in [5.74, 6) is -0.589. The lowest BCUT2D eigenvalue weighted by Gasteiger charge is -2.37. The lowest BCUT2D eigenvalue weighted by molar-refractivity contribution is -0.154. The molecule has 0 aliphatic heterocycles. The minimum atomic E-state index is -4.61. The average Bonchev–Trinajstić information content (AvgIpc) is 3.22. The second kappa shape index (κ2) is 18.2. The number of phosphoric ester groups is 1. The first kappa shape index (κ1) is 38.5. The molecule has 0 saturated carbocycles. The Kier molecular flexibility index (Phi) is 13.0. The van der Waals surface area contributed by atoms with Gasteiger partial charge in [0.2, 0.25) is 0 Å². The highest BCUT2D eigenvalue weighted by atomic mass is 31.2. The van der Waals surface area contributed by atoms with E-state index in [1.165, 1.54) is 6.92 Å². The van der Waals surface area contributed by atoms with Gasteiger partial charge in [-0.25, -0.2) is 4.57 Å². The number of esters is 1. The first-order valence-corrected chi connectivity index (χ1v) is 19.3. The van der Waals surface area contributed by atoms with Crippen molar-refractivity contribution in [3.05, 3.63) is 215 Å². The molecule has 6 rings (SSSR count). The van der Waals surface area contributed by atoms with Gasteiger partial charge in [0.15, 0.2) is 0 Å². The highest BCUT2D eigenvalue weighted by Crippen LogP contribution is 2.44. The molecule has 0 spiro atoms. The summed E-state index contributed by atoms with van der Waals surface area (Å²) in [4.78, 5) is 23.1. The second-order valence-electron chi connectivity index (χ2n) is 12.7. The maximum atomic E-state index is 13.3. The van der Waals surface area contributed by atoms with Crippen LogP contribution in [0.3, 0.4) is 0 Å². The summed E-state index contributed by atoms with van der Waals surface area (Å²) in [6.07, 6.45) is -1.04. The van der Waals surface area contributed by atoms with Gasteiger partial charge >= 0.3 is 13.8 Å². The first-order valence-electron chi connectivity index (χ1n) is 17.8. The molecule has 0 heterocycles. The molecule has 6 aromatic rings. The summed E-state index contributed by atoms with van der Waals surface area (Å²) in [5.41, 5.74) is 3.65. The molecular weight excluding hydrogens is 697 g/mol. The maximum Gasteiger partial charge on any atom is 0.472 e. The van der Waals surface area contributed by atoms with E-state index in [0.717, 1.165) is 33.4 Å². The summed E-state index contributed by atoms with van der Waals surface area (Å²) in [6, 6.07) is 59.3. The van der Waals surface area contributed by atoms with E-state index in [1.807, 2.05) is 182 Å². The number of rotatable bonds is 18. The van der Waals surface area contributed by atoms with Crippen molar-refractivity contribution in [2.24, 2.45) is 0 Å². The van der Waals surface area contributed by atoms with Gasteiger partial charge in [0.25, 0.3) is 0 Å². The standard InChI is InChI=1S/C45H44NO7P/c1-36(47)53-43(34-50-45(40-26-14-5-15-27-40,41-28-16-6-17-29-41)42-30-18-7-19-31-42)35-52-54(48,49)51-33-32-46-44(37-20-8-2-9-21-37,38-22-10-3-11-23-38)39-24-12-4-13-25-39/h2-31,43,46H,32-35H2,1H3,(H,48,49)/t43-/m1/s1. The Morgan fingerprint density at radius 2 is 0.926 bits per heavy atom. The van der Waals surface area contributed by atoms with Crippen LogP contribution in [0.15, 0.2) is 182 Å². The largest absolute Gasteiger partial charge is 0.472 e. The molecular formula is C45H44NO7P. The summed E-state index contributed by atoms with van der Waals surface area (Å²) < 4.78 is 36.6. The molecule has 2 N–H and O–H groups in total. The molecule has 0 fully saturated rings. The van der Waals surface area contributed by atoms with Gasteiger partial charge in [0.05, 0.1) is 25.4 Å². The lowest BCUT2D eigenvalue weighted by Crippen LogP contribution is -2.46. The fraction of sp³-hybridized carbons (Fsp3) is 0.178. The van der Waals surface area contributed by atoms with Crippen molar-refractivity contribution in [1.82, 2.24) is 5.32 Å². The van der Waals surface area contributed by atoms with Crippen LogP contribution in [-0.2, 0) is 39.0 Å². The van der Waals surface area contributed by atoms with Crippen molar-refractivity contribution in [3.63, 3.8) is 0 Å². The predicted molar refractivity (Wildman–Crippen MR) is 210 cm³/mol. The molecule has 1 unspecified atom stereocenters. The summed E-state index contributed by atoms with van der Waals surface area (Å²) in [6.45, 7) is 0.697. The fourth-order valence-corrected chi connectivity index (χ4v) is 7.57. The van der Waals surface area contributed by atoms with E-state index in [9.17, 15) is 14.3 Å². The zero-order chi connectivity index (χ0) is 37.7. The summed E-state index contributed by atoms with van der Waals surface area (Å²) in [7, 11) is -4.61. The zero-order valence-electron chi connectivity index (χ0n) is 30.1. The molecule has 0 bridgehead atoms. The van der Waals surface area contributed by atoms with E-state index in [0.29, 0.717) is 0 Å². The van der Waals surface area contributed by atoms with E-state index >= 15 is 0 Å². The third-order valence-electron chi connectivity index (χ3n) is 9.15. The van der Waals surface area contributed by atoms with E-state index in [-0.39, 0.29) is 19.8 Å². The van der Waals surface area contributed by atoms with E-state index in [1.54, 1.807) is 0 Å². The monoisotopic (exact) mass is 741 g/mol. The summed E-state index contributed by atoms with van der Waals surface area (Å²) in [5, 5.41) is 3.63. The number of hydrogen-bond donors (Lipinski definition) is 2. The molecule has 0 amide bonds. The van der Waals surface area contributed by atoms with Crippen molar-refractivity contribution in [2.75, 3.05) is 26.4 Å². The van der Waals surface area contributed by atoms with Crippen molar-refractivity contribution >= 4 is 13.8 Å². The Morgan fingerprint density at radius 3 is 1.28 bits per heavy atom. The van der Waals surface area contributed by atoms with Gasteiger partial charge in [0, 0.05) is 13.5 Å².